The summed E-state index contributed by atoms with van der Waals surface area (Å²) in [5.74, 6) is 0.0784. The molecule has 1 aromatic carbocycles. The second kappa shape index (κ2) is 7.21. The molecule has 7 heteroatoms. The normalized spacial score (nSPS) is 10.9. The van der Waals surface area contributed by atoms with E-state index in [0.717, 1.165) is 11.3 Å². The molecule has 0 fully saturated rings. The fourth-order valence-corrected chi connectivity index (χ4v) is 3.69. The molecular weight excluding hydrogens is 350 g/mol. The molecule has 1 amide bonds. The zero-order valence-corrected chi connectivity index (χ0v) is 15.6. The Morgan fingerprint density at radius 2 is 2.04 bits per heavy atom. The number of hydrogen-bond acceptors (Lipinski definition) is 5. The molecule has 1 N–H and O–H groups in total. The summed E-state index contributed by atoms with van der Waals surface area (Å²) in [5.41, 5.74) is 0.826. The van der Waals surface area contributed by atoms with Gasteiger partial charge in [0, 0.05) is 16.1 Å². The number of nitrogens with one attached hydrogen (secondary N) is 1. The summed E-state index contributed by atoms with van der Waals surface area (Å²) in [7, 11) is 0. The molecule has 2 heterocycles. The highest BCUT2D eigenvalue weighted by molar-refractivity contribution is 7.18. The molecule has 3 aromatic rings. The Morgan fingerprint density at radius 3 is 2.73 bits per heavy atom. The molecule has 0 atom stereocenters. The minimum atomic E-state index is -0.344. The second-order valence-electron chi connectivity index (χ2n) is 6.02. The Labute approximate surface area is 154 Å². The van der Waals surface area contributed by atoms with Crippen molar-refractivity contribution in [3.8, 4) is 0 Å². The van der Waals surface area contributed by atoms with Crippen molar-refractivity contribution in [3.05, 3.63) is 57.0 Å². The molecule has 3 rings (SSSR count). The summed E-state index contributed by atoms with van der Waals surface area (Å²) in [4.78, 5) is 42.8. The molecule has 0 radical (unpaired) electrons. The Bertz CT molecular complexity index is 1070. The molecule has 0 aliphatic rings. The molecular formula is C19H19N3O3S. The lowest BCUT2D eigenvalue weighted by Gasteiger charge is -2.10. The SMILES string of the molecule is CCc1cc2c(=O)n(CC(=O)Nc3cccc(C(C)=O)c3)c(C)nc2s1. The first-order chi connectivity index (χ1) is 12.4. The van der Waals surface area contributed by atoms with Crippen molar-refractivity contribution >= 4 is 38.9 Å². The lowest BCUT2D eigenvalue weighted by molar-refractivity contribution is -0.116. The number of benzene rings is 1. The topological polar surface area (TPSA) is 81.1 Å². The molecule has 0 saturated heterocycles. The Balaban J connectivity index is 1.86. The largest absolute Gasteiger partial charge is 0.325 e. The number of carbonyl (C=O) groups is 2. The van der Waals surface area contributed by atoms with Crippen LogP contribution in [0.5, 0.6) is 0 Å². The van der Waals surface area contributed by atoms with Crippen LogP contribution >= 0.6 is 11.3 Å². The predicted octanol–water partition coefficient (Wildman–Crippen LogP) is 3.17. The number of ketones is 1. The third-order valence-electron chi connectivity index (χ3n) is 4.10. The quantitative estimate of drug-likeness (QED) is 0.701. The van der Waals surface area contributed by atoms with Gasteiger partial charge in [-0.05, 0) is 38.5 Å². The predicted molar refractivity (Wildman–Crippen MR) is 103 cm³/mol. The summed E-state index contributed by atoms with van der Waals surface area (Å²) in [5, 5.41) is 3.27. The van der Waals surface area contributed by atoms with Crippen LogP contribution in [0.3, 0.4) is 0 Å². The summed E-state index contributed by atoms with van der Waals surface area (Å²) < 4.78 is 1.37. The van der Waals surface area contributed by atoms with Gasteiger partial charge in [-0.3, -0.25) is 19.0 Å². The summed E-state index contributed by atoms with van der Waals surface area (Å²) in [6, 6.07) is 8.55. The lowest BCUT2D eigenvalue weighted by atomic mass is 10.1. The van der Waals surface area contributed by atoms with Gasteiger partial charge in [-0.2, -0.15) is 0 Å². The highest BCUT2D eigenvalue weighted by Crippen LogP contribution is 2.22. The van der Waals surface area contributed by atoms with Gasteiger partial charge in [-0.1, -0.05) is 19.1 Å². The van der Waals surface area contributed by atoms with Crippen LogP contribution in [0.1, 0.15) is 34.9 Å². The minimum Gasteiger partial charge on any atom is -0.325 e. The van der Waals surface area contributed by atoms with Crippen molar-refractivity contribution < 1.29 is 9.59 Å². The number of carbonyl (C=O) groups excluding carboxylic acids is 2. The molecule has 26 heavy (non-hydrogen) atoms. The number of fused-ring (bicyclic) bond motifs is 1. The molecule has 0 aliphatic carbocycles. The fraction of sp³-hybridized carbons (Fsp3) is 0.263. The molecule has 0 aliphatic heterocycles. The maximum atomic E-state index is 12.7. The standard InChI is InChI=1S/C19H19N3O3S/c1-4-15-9-16-18(26-15)20-12(3)22(19(16)25)10-17(24)21-14-7-5-6-13(8-14)11(2)23/h5-9H,4,10H2,1-3H3,(H,21,24). The summed E-state index contributed by atoms with van der Waals surface area (Å²) >= 11 is 1.50. The molecule has 0 saturated carbocycles. The third kappa shape index (κ3) is 3.57. The van der Waals surface area contributed by atoms with Crippen molar-refractivity contribution in [1.29, 1.82) is 0 Å². The van der Waals surface area contributed by atoms with Crippen LogP contribution in [0.2, 0.25) is 0 Å². The number of aryl methyl sites for hydroxylation is 2. The van der Waals surface area contributed by atoms with Gasteiger partial charge in [0.15, 0.2) is 5.78 Å². The number of aromatic nitrogens is 2. The summed E-state index contributed by atoms with van der Waals surface area (Å²) in [6.45, 7) is 5.08. The lowest BCUT2D eigenvalue weighted by Crippen LogP contribution is -2.29. The van der Waals surface area contributed by atoms with Crippen LogP contribution in [0.4, 0.5) is 5.69 Å². The number of Topliss-reactive ketones (excluding diaryl/α,β-unsaturated/α-hetero) is 1. The van der Waals surface area contributed by atoms with Gasteiger partial charge in [-0.15, -0.1) is 11.3 Å². The van der Waals surface area contributed by atoms with E-state index < -0.39 is 0 Å². The molecule has 0 unspecified atom stereocenters. The van der Waals surface area contributed by atoms with Crippen LogP contribution in [-0.4, -0.2) is 21.2 Å². The molecule has 0 bridgehead atoms. The van der Waals surface area contributed by atoms with Gasteiger partial charge in [-0.25, -0.2) is 4.98 Å². The van der Waals surface area contributed by atoms with E-state index in [1.54, 1.807) is 31.2 Å². The zero-order chi connectivity index (χ0) is 18.8. The van der Waals surface area contributed by atoms with Crippen LogP contribution in [-0.2, 0) is 17.8 Å². The van der Waals surface area contributed by atoms with Crippen molar-refractivity contribution in [2.75, 3.05) is 5.32 Å². The van der Waals surface area contributed by atoms with E-state index in [2.05, 4.69) is 10.3 Å². The molecule has 6 nitrogen and oxygen atoms in total. The van der Waals surface area contributed by atoms with Gasteiger partial charge in [0.2, 0.25) is 5.91 Å². The first-order valence-electron chi connectivity index (χ1n) is 8.29. The number of thiophene rings is 1. The van der Waals surface area contributed by atoms with Crippen molar-refractivity contribution in [1.82, 2.24) is 9.55 Å². The van der Waals surface area contributed by atoms with Crippen molar-refractivity contribution in [2.24, 2.45) is 0 Å². The Kier molecular flexibility index (Phi) is 4.99. The maximum Gasteiger partial charge on any atom is 0.262 e. The van der Waals surface area contributed by atoms with Crippen LogP contribution in [0.15, 0.2) is 35.1 Å². The summed E-state index contributed by atoms with van der Waals surface area (Å²) in [6.07, 6.45) is 0.840. The van der Waals surface area contributed by atoms with Gasteiger partial charge >= 0.3 is 0 Å². The number of rotatable bonds is 5. The Hall–Kier alpha value is -2.80. The van der Waals surface area contributed by atoms with Crippen molar-refractivity contribution in [2.45, 2.75) is 33.7 Å². The van der Waals surface area contributed by atoms with E-state index in [1.807, 2.05) is 13.0 Å². The molecule has 134 valence electrons. The van der Waals surface area contributed by atoms with E-state index in [1.165, 1.54) is 22.8 Å². The van der Waals surface area contributed by atoms with E-state index in [0.29, 0.717) is 27.3 Å². The Morgan fingerprint density at radius 1 is 1.27 bits per heavy atom. The average molecular weight is 369 g/mol. The van der Waals surface area contributed by atoms with E-state index in [9.17, 15) is 14.4 Å². The van der Waals surface area contributed by atoms with Gasteiger partial charge in [0.25, 0.3) is 5.56 Å². The van der Waals surface area contributed by atoms with Crippen LogP contribution in [0.25, 0.3) is 10.2 Å². The second-order valence-corrected chi connectivity index (χ2v) is 7.14. The zero-order valence-electron chi connectivity index (χ0n) is 14.8. The smallest absolute Gasteiger partial charge is 0.262 e. The molecule has 0 spiro atoms. The maximum absolute atomic E-state index is 12.7. The number of anilines is 1. The average Bonchev–Trinajstić information content (AvgIpc) is 3.02. The third-order valence-corrected chi connectivity index (χ3v) is 5.27. The fourth-order valence-electron chi connectivity index (χ4n) is 2.69. The van der Waals surface area contributed by atoms with Crippen LogP contribution in [0, 0.1) is 6.92 Å². The first-order valence-corrected chi connectivity index (χ1v) is 9.11. The highest BCUT2D eigenvalue weighted by Gasteiger charge is 2.14. The highest BCUT2D eigenvalue weighted by atomic mass is 32.1. The minimum absolute atomic E-state index is 0.0769. The number of hydrogen-bond donors (Lipinski definition) is 1. The van der Waals surface area contributed by atoms with Gasteiger partial charge in [0.1, 0.15) is 17.2 Å². The van der Waals surface area contributed by atoms with E-state index in [4.69, 9.17) is 0 Å². The molecule has 2 aromatic heterocycles. The van der Waals surface area contributed by atoms with Gasteiger partial charge in [0.05, 0.1) is 5.39 Å². The van der Waals surface area contributed by atoms with Gasteiger partial charge < -0.3 is 5.32 Å². The number of amides is 1. The van der Waals surface area contributed by atoms with E-state index >= 15 is 0 Å². The van der Waals surface area contributed by atoms with Crippen molar-refractivity contribution in [3.63, 3.8) is 0 Å². The van der Waals surface area contributed by atoms with Crippen LogP contribution < -0.4 is 10.9 Å². The first kappa shape index (κ1) is 18.0. The van der Waals surface area contributed by atoms with E-state index in [-0.39, 0.29) is 23.8 Å². The monoisotopic (exact) mass is 369 g/mol. The number of nitrogens with zero attached hydrogens (tertiary/aromatic N) is 2.